The molecule has 0 atom stereocenters. The molecule has 0 amide bonds. The number of hydrogen-bond acceptors (Lipinski definition) is 2. The molecular weight excluding hydrogens is 192 g/mol. The van der Waals surface area contributed by atoms with Crippen molar-refractivity contribution in [2.24, 2.45) is 0 Å². The van der Waals surface area contributed by atoms with Crippen molar-refractivity contribution in [2.45, 2.75) is 0 Å². The summed E-state index contributed by atoms with van der Waals surface area (Å²) >= 11 is 1.78. The standard InChI is InChI=1S/C11H8N2S/c1-2-4-10-9(3-1)7-11(14-10)13-6-5-12-8-13/h1-8H. The molecule has 2 nitrogen and oxygen atoms in total. The first kappa shape index (κ1) is 7.76. The van der Waals surface area contributed by atoms with Gasteiger partial charge in [-0.2, -0.15) is 0 Å². The van der Waals surface area contributed by atoms with Gasteiger partial charge < -0.3 is 0 Å². The Balaban J connectivity index is 2.24. The van der Waals surface area contributed by atoms with Gasteiger partial charge in [0.05, 0.1) is 6.33 Å². The lowest BCUT2D eigenvalue weighted by molar-refractivity contribution is 1.09. The molecule has 2 heterocycles. The number of aromatic nitrogens is 2. The highest BCUT2D eigenvalue weighted by Gasteiger charge is 2.01. The van der Waals surface area contributed by atoms with E-state index in [2.05, 4.69) is 35.3 Å². The van der Waals surface area contributed by atoms with Crippen molar-refractivity contribution in [3.63, 3.8) is 0 Å². The van der Waals surface area contributed by atoms with Crippen LogP contribution in [-0.4, -0.2) is 9.55 Å². The summed E-state index contributed by atoms with van der Waals surface area (Å²) in [5.41, 5.74) is 0. The highest BCUT2D eigenvalue weighted by molar-refractivity contribution is 7.21. The van der Waals surface area contributed by atoms with Gasteiger partial charge in [0.1, 0.15) is 5.00 Å². The van der Waals surface area contributed by atoms with Gasteiger partial charge in [0.15, 0.2) is 0 Å². The Hall–Kier alpha value is -1.61. The third-order valence-corrected chi connectivity index (χ3v) is 3.30. The van der Waals surface area contributed by atoms with Crippen LogP contribution in [0.15, 0.2) is 49.1 Å². The number of thiophene rings is 1. The molecule has 0 saturated heterocycles. The summed E-state index contributed by atoms with van der Waals surface area (Å²) in [6, 6.07) is 10.6. The molecule has 0 N–H and O–H groups in total. The highest BCUT2D eigenvalue weighted by atomic mass is 32.1. The second kappa shape index (κ2) is 2.96. The molecular formula is C11H8N2S. The summed E-state index contributed by atoms with van der Waals surface area (Å²) in [4.78, 5) is 4.04. The largest absolute Gasteiger partial charge is 0.297 e. The molecule has 0 unspecified atom stereocenters. The lowest BCUT2D eigenvalue weighted by atomic mass is 10.3. The maximum absolute atomic E-state index is 4.04. The van der Waals surface area contributed by atoms with Gasteiger partial charge in [-0.15, -0.1) is 11.3 Å². The first-order valence-corrected chi connectivity index (χ1v) is 5.22. The van der Waals surface area contributed by atoms with E-state index in [1.54, 1.807) is 17.5 Å². The van der Waals surface area contributed by atoms with Crippen LogP contribution in [0.4, 0.5) is 0 Å². The molecule has 3 heteroatoms. The molecule has 0 saturated carbocycles. The Morgan fingerprint density at radius 2 is 2.14 bits per heavy atom. The Labute approximate surface area is 85.4 Å². The Bertz CT molecular complexity index is 518. The van der Waals surface area contributed by atoms with E-state index >= 15 is 0 Å². The molecule has 0 aliphatic carbocycles. The van der Waals surface area contributed by atoms with Gasteiger partial charge in [-0.1, -0.05) is 18.2 Å². The molecule has 0 bridgehead atoms. The topological polar surface area (TPSA) is 17.8 Å². The fourth-order valence-corrected chi connectivity index (χ4v) is 2.50. The normalized spacial score (nSPS) is 10.9. The van der Waals surface area contributed by atoms with E-state index < -0.39 is 0 Å². The predicted molar refractivity (Wildman–Crippen MR) is 58.9 cm³/mol. The van der Waals surface area contributed by atoms with Crippen LogP contribution in [0.25, 0.3) is 15.1 Å². The van der Waals surface area contributed by atoms with Crippen molar-refractivity contribution in [3.05, 3.63) is 49.1 Å². The van der Waals surface area contributed by atoms with Gasteiger partial charge in [0, 0.05) is 17.1 Å². The van der Waals surface area contributed by atoms with E-state index in [0.717, 1.165) is 0 Å². The Morgan fingerprint density at radius 3 is 2.93 bits per heavy atom. The van der Waals surface area contributed by atoms with Crippen molar-refractivity contribution >= 4 is 21.4 Å². The monoisotopic (exact) mass is 200 g/mol. The van der Waals surface area contributed by atoms with Gasteiger partial charge in [0.2, 0.25) is 0 Å². The average Bonchev–Trinajstić information content (AvgIpc) is 2.86. The molecule has 14 heavy (non-hydrogen) atoms. The number of fused-ring (bicyclic) bond motifs is 1. The molecule has 0 aliphatic heterocycles. The zero-order valence-corrected chi connectivity index (χ0v) is 8.24. The fraction of sp³-hybridized carbons (Fsp3) is 0. The Kier molecular flexibility index (Phi) is 1.64. The first-order valence-electron chi connectivity index (χ1n) is 4.40. The first-order chi connectivity index (χ1) is 6.93. The SMILES string of the molecule is c1ccc2sc(-n3ccnc3)cc2c1. The summed E-state index contributed by atoms with van der Waals surface area (Å²) in [5, 5.41) is 2.50. The van der Waals surface area contributed by atoms with E-state index in [1.807, 2.05) is 17.1 Å². The number of rotatable bonds is 1. The van der Waals surface area contributed by atoms with Gasteiger partial charge in [0.25, 0.3) is 0 Å². The van der Waals surface area contributed by atoms with Crippen LogP contribution in [0.1, 0.15) is 0 Å². The van der Waals surface area contributed by atoms with Gasteiger partial charge in [-0.25, -0.2) is 4.98 Å². The maximum Gasteiger partial charge on any atom is 0.101 e. The molecule has 1 aromatic carbocycles. The minimum Gasteiger partial charge on any atom is -0.297 e. The quantitative estimate of drug-likeness (QED) is 0.590. The van der Waals surface area contributed by atoms with Crippen LogP contribution in [0, 0.1) is 0 Å². The molecule has 3 rings (SSSR count). The van der Waals surface area contributed by atoms with Crippen molar-refractivity contribution in [3.8, 4) is 5.00 Å². The van der Waals surface area contributed by atoms with E-state index in [1.165, 1.54) is 15.1 Å². The third-order valence-electron chi connectivity index (χ3n) is 2.17. The van der Waals surface area contributed by atoms with Gasteiger partial charge in [-0.05, 0) is 17.5 Å². The molecule has 2 aromatic heterocycles. The van der Waals surface area contributed by atoms with Crippen molar-refractivity contribution < 1.29 is 0 Å². The average molecular weight is 200 g/mol. The Morgan fingerprint density at radius 1 is 1.21 bits per heavy atom. The van der Waals surface area contributed by atoms with Crippen molar-refractivity contribution in [1.82, 2.24) is 9.55 Å². The van der Waals surface area contributed by atoms with Crippen LogP contribution in [0.3, 0.4) is 0 Å². The van der Waals surface area contributed by atoms with Gasteiger partial charge in [-0.3, -0.25) is 4.57 Å². The van der Waals surface area contributed by atoms with Crippen LogP contribution in [0.2, 0.25) is 0 Å². The highest BCUT2D eigenvalue weighted by Crippen LogP contribution is 2.27. The molecule has 0 fully saturated rings. The number of hydrogen-bond donors (Lipinski definition) is 0. The van der Waals surface area contributed by atoms with Crippen LogP contribution < -0.4 is 0 Å². The second-order valence-corrected chi connectivity index (χ2v) is 4.15. The predicted octanol–water partition coefficient (Wildman–Crippen LogP) is 3.09. The minimum atomic E-state index is 1.21. The van der Waals surface area contributed by atoms with E-state index in [4.69, 9.17) is 0 Å². The summed E-state index contributed by atoms with van der Waals surface area (Å²) in [7, 11) is 0. The van der Waals surface area contributed by atoms with Crippen molar-refractivity contribution in [2.75, 3.05) is 0 Å². The third kappa shape index (κ3) is 1.14. The molecule has 0 radical (unpaired) electrons. The maximum atomic E-state index is 4.04. The summed E-state index contributed by atoms with van der Waals surface area (Å²) in [5.74, 6) is 0. The lowest BCUT2D eigenvalue weighted by Crippen LogP contribution is -1.82. The lowest BCUT2D eigenvalue weighted by Gasteiger charge is -1.92. The van der Waals surface area contributed by atoms with Crippen LogP contribution >= 0.6 is 11.3 Å². The van der Waals surface area contributed by atoms with E-state index in [9.17, 15) is 0 Å². The van der Waals surface area contributed by atoms with Crippen LogP contribution in [0.5, 0.6) is 0 Å². The molecule has 0 aliphatic rings. The summed E-state index contributed by atoms with van der Waals surface area (Å²) in [6.45, 7) is 0. The second-order valence-electron chi connectivity index (χ2n) is 3.09. The number of imidazole rings is 1. The molecule has 0 spiro atoms. The minimum absolute atomic E-state index is 1.21. The molecule has 68 valence electrons. The number of benzene rings is 1. The van der Waals surface area contributed by atoms with Crippen molar-refractivity contribution in [1.29, 1.82) is 0 Å². The van der Waals surface area contributed by atoms with E-state index in [-0.39, 0.29) is 0 Å². The zero-order valence-electron chi connectivity index (χ0n) is 7.42. The smallest absolute Gasteiger partial charge is 0.101 e. The summed E-state index contributed by atoms with van der Waals surface area (Å²) in [6.07, 6.45) is 5.58. The number of nitrogens with zero attached hydrogens (tertiary/aromatic N) is 2. The summed E-state index contributed by atoms with van der Waals surface area (Å²) < 4.78 is 3.35. The van der Waals surface area contributed by atoms with Crippen LogP contribution in [-0.2, 0) is 0 Å². The van der Waals surface area contributed by atoms with E-state index in [0.29, 0.717) is 0 Å². The fourth-order valence-electron chi connectivity index (χ4n) is 1.48. The zero-order chi connectivity index (χ0) is 9.38. The molecule has 3 aromatic rings. The van der Waals surface area contributed by atoms with Gasteiger partial charge >= 0.3 is 0 Å².